The summed E-state index contributed by atoms with van der Waals surface area (Å²) >= 11 is 0. The molecular weight excluding hydrogens is 176 g/mol. The Kier molecular flexibility index (Phi) is 3.79. The summed E-state index contributed by atoms with van der Waals surface area (Å²) in [5, 5.41) is 7.19. The van der Waals surface area contributed by atoms with Crippen LogP contribution in [0.5, 0.6) is 0 Å². The fourth-order valence-corrected chi connectivity index (χ4v) is 2.35. The predicted molar refractivity (Wildman–Crippen MR) is 57.5 cm³/mol. The Labute approximate surface area is 86.6 Å². The van der Waals surface area contributed by atoms with Crippen molar-refractivity contribution in [3.8, 4) is 0 Å². The van der Waals surface area contributed by atoms with E-state index in [1.165, 1.54) is 32.2 Å². The molecule has 0 bridgehead atoms. The van der Waals surface area contributed by atoms with Gasteiger partial charge in [-0.1, -0.05) is 6.42 Å². The number of piperidine rings is 1. The highest BCUT2D eigenvalue weighted by molar-refractivity contribution is 4.81. The van der Waals surface area contributed by atoms with E-state index in [0.29, 0.717) is 12.1 Å². The summed E-state index contributed by atoms with van der Waals surface area (Å²) in [6, 6.07) is 1.99. The van der Waals surface area contributed by atoms with E-state index < -0.39 is 0 Å². The fraction of sp³-hybridized carbons (Fsp3) is 1.00. The van der Waals surface area contributed by atoms with Crippen molar-refractivity contribution in [2.75, 3.05) is 19.8 Å². The number of nitrogens with one attached hydrogen (secondary N) is 2. The second kappa shape index (κ2) is 5.10. The minimum atomic E-state index is 0.619. The molecule has 2 saturated heterocycles. The van der Waals surface area contributed by atoms with Gasteiger partial charge in [0.25, 0.3) is 0 Å². The standard InChI is InChI=1S/C11H22N2O/c1-9(13-11-7-14-8-11)6-10-4-2-3-5-12-10/h9-13H,2-8H2,1H3. The van der Waals surface area contributed by atoms with E-state index in [4.69, 9.17) is 4.74 Å². The smallest absolute Gasteiger partial charge is 0.0643 e. The topological polar surface area (TPSA) is 33.3 Å². The van der Waals surface area contributed by atoms with Crippen LogP contribution >= 0.6 is 0 Å². The first-order valence-corrected chi connectivity index (χ1v) is 5.92. The van der Waals surface area contributed by atoms with Gasteiger partial charge >= 0.3 is 0 Å². The second-order valence-electron chi connectivity index (χ2n) is 4.68. The average molecular weight is 198 g/mol. The van der Waals surface area contributed by atoms with E-state index in [2.05, 4.69) is 17.6 Å². The van der Waals surface area contributed by atoms with Crippen LogP contribution in [0.15, 0.2) is 0 Å². The Balaban J connectivity index is 1.62. The van der Waals surface area contributed by atoms with Gasteiger partial charge in [-0.05, 0) is 32.7 Å². The molecule has 2 fully saturated rings. The molecule has 2 unspecified atom stereocenters. The van der Waals surface area contributed by atoms with Gasteiger partial charge < -0.3 is 15.4 Å². The molecule has 0 aromatic carbocycles. The molecular formula is C11H22N2O. The van der Waals surface area contributed by atoms with Crippen LogP contribution in [-0.2, 0) is 4.74 Å². The van der Waals surface area contributed by atoms with E-state index in [1.54, 1.807) is 0 Å². The zero-order valence-corrected chi connectivity index (χ0v) is 9.09. The summed E-state index contributed by atoms with van der Waals surface area (Å²) in [5.74, 6) is 0. The van der Waals surface area contributed by atoms with Crippen molar-refractivity contribution in [2.24, 2.45) is 0 Å². The Morgan fingerprint density at radius 2 is 2.29 bits per heavy atom. The van der Waals surface area contributed by atoms with E-state index >= 15 is 0 Å². The molecule has 3 heteroatoms. The molecule has 82 valence electrons. The molecule has 0 aliphatic carbocycles. The molecule has 0 radical (unpaired) electrons. The number of hydrogen-bond donors (Lipinski definition) is 2. The van der Waals surface area contributed by atoms with Crippen LogP contribution in [-0.4, -0.2) is 37.9 Å². The van der Waals surface area contributed by atoms with Crippen LogP contribution in [0.2, 0.25) is 0 Å². The summed E-state index contributed by atoms with van der Waals surface area (Å²) in [7, 11) is 0. The Bertz CT molecular complexity index is 165. The van der Waals surface area contributed by atoms with Crippen LogP contribution in [0.3, 0.4) is 0 Å². The maximum atomic E-state index is 5.15. The predicted octanol–water partition coefficient (Wildman–Crippen LogP) is 0.895. The van der Waals surface area contributed by atoms with Gasteiger partial charge in [0.05, 0.1) is 19.3 Å². The van der Waals surface area contributed by atoms with Crippen molar-refractivity contribution in [3.05, 3.63) is 0 Å². The maximum Gasteiger partial charge on any atom is 0.0643 e. The highest BCUT2D eigenvalue weighted by Gasteiger charge is 2.22. The lowest BCUT2D eigenvalue weighted by Gasteiger charge is -2.32. The number of hydrogen-bond acceptors (Lipinski definition) is 3. The highest BCUT2D eigenvalue weighted by atomic mass is 16.5. The molecule has 0 saturated carbocycles. The zero-order chi connectivity index (χ0) is 9.80. The first kappa shape index (κ1) is 10.4. The van der Waals surface area contributed by atoms with Crippen LogP contribution in [0.1, 0.15) is 32.6 Å². The molecule has 14 heavy (non-hydrogen) atoms. The number of rotatable bonds is 4. The molecule has 2 N–H and O–H groups in total. The summed E-state index contributed by atoms with van der Waals surface area (Å²) in [6.07, 6.45) is 5.37. The quantitative estimate of drug-likeness (QED) is 0.704. The van der Waals surface area contributed by atoms with Crippen LogP contribution in [0.4, 0.5) is 0 Å². The molecule has 2 atom stereocenters. The largest absolute Gasteiger partial charge is 0.378 e. The lowest BCUT2D eigenvalue weighted by atomic mass is 9.98. The highest BCUT2D eigenvalue weighted by Crippen LogP contribution is 2.12. The van der Waals surface area contributed by atoms with Crippen molar-refractivity contribution in [1.82, 2.24) is 10.6 Å². The first-order chi connectivity index (χ1) is 6.84. The SMILES string of the molecule is CC(CC1CCCCN1)NC1COC1. The third-order valence-electron chi connectivity index (χ3n) is 3.21. The van der Waals surface area contributed by atoms with Gasteiger partial charge in [-0.25, -0.2) is 0 Å². The molecule has 2 aliphatic rings. The lowest BCUT2D eigenvalue weighted by molar-refractivity contribution is -0.0100. The Morgan fingerprint density at radius 3 is 2.86 bits per heavy atom. The lowest BCUT2D eigenvalue weighted by Crippen LogP contribution is -2.51. The van der Waals surface area contributed by atoms with Crippen molar-refractivity contribution in [2.45, 2.75) is 50.7 Å². The van der Waals surface area contributed by atoms with E-state index in [9.17, 15) is 0 Å². The summed E-state index contributed by atoms with van der Waals surface area (Å²) in [4.78, 5) is 0. The third-order valence-corrected chi connectivity index (χ3v) is 3.21. The normalized spacial score (nSPS) is 31.1. The molecule has 0 amide bonds. The maximum absolute atomic E-state index is 5.15. The third kappa shape index (κ3) is 2.94. The number of ether oxygens (including phenoxy) is 1. The minimum Gasteiger partial charge on any atom is -0.378 e. The molecule has 0 aromatic heterocycles. The monoisotopic (exact) mass is 198 g/mol. The van der Waals surface area contributed by atoms with Crippen molar-refractivity contribution in [1.29, 1.82) is 0 Å². The minimum absolute atomic E-state index is 0.619. The fourth-order valence-electron chi connectivity index (χ4n) is 2.35. The summed E-state index contributed by atoms with van der Waals surface area (Å²) < 4.78 is 5.15. The van der Waals surface area contributed by atoms with E-state index in [0.717, 1.165) is 19.3 Å². The molecule has 2 heterocycles. The molecule has 0 spiro atoms. The van der Waals surface area contributed by atoms with Gasteiger partial charge in [0.15, 0.2) is 0 Å². The summed E-state index contributed by atoms with van der Waals surface area (Å²) in [5.41, 5.74) is 0. The van der Waals surface area contributed by atoms with Crippen LogP contribution < -0.4 is 10.6 Å². The Hall–Kier alpha value is -0.120. The Morgan fingerprint density at radius 1 is 1.43 bits per heavy atom. The van der Waals surface area contributed by atoms with Crippen molar-refractivity contribution >= 4 is 0 Å². The van der Waals surface area contributed by atoms with E-state index in [-0.39, 0.29) is 0 Å². The van der Waals surface area contributed by atoms with Crippen molar-refractivity contribution in [3.63, 3.8) is 0 Å². The van der Waals surface area contributed by atoms with Gasteiger partial charge in [-0.15, -0.1) is 0 Å². The molecule has 0 aromatic rings. The summed E-state index contributed by atoms with van der Waals surface area (Å²) in [6.45, 7) is 5.31. The van der Waals surface area contributed by atoms with Crippen LogP contribution in [0, 0.1) is 0 Å². The van der Waals surface area contributed by atoms with Gasteiger partial charge in [0.1, 0.15) is 0 Å². The van der Waals surface area contributed by atoms with Crippen LogP contribution in [0.25, 0.3) is 0 Å². The molecule has 2 rings (SSSR count). The van der Waals surface area contributed by atoms with Gasteiger partial charge in [0.2, 0.25) is 0 Å². The van der Waals surface area contributed by atoms with Gasteiger partial charge in [0, 0.05) is 12.1 Å². The molecule has 3 nitrogen and oxygen atoms in total. The molecule has 2 aliphatic heterocycles. The van der Waals surface area contributed by atoms with Crippen molar-refractivity contribution < 1.29 is 4.74 Å². The van der Waals surface area contributed by atoms with E-state index in [1.807, 2.05) is 0 Å². The second-order valence-corrected chi connectivity index (χ2v) is 4.68. The van der Waals surface area contributed by atoms with Gasteiger partial charge in [-0.3, -0.25) is 0 Å². The van der Waals surface area contributed by atoms with Gasteiger partial charge in [-0.2, -0.15) is 0 Å². The zero-order valence-electron chi connectivity index (χ0n) is 9.09. The first-order valence-electron chi connectivity index (χ1n) is 5.92. The average Bonchev–Trinajstić information content (AvgIpc) is 2.13.